The van der Waals surface area contributed by atoms with Crippen molar-refractivity contribution in [2.75, 3.05) is 5.32 Å². The Kier molecular flexibility index (Phi) is 3.19. The van der Waals surface area contributed by atoms with Crippen molar-refractivity contribution >= 4 is 11.7 Å². The third-order valence-corrected chi connectivity index (χ3v) is 3.67. The van der Waals surface area contributed by atoms with Crippen LogP contribution in [0.15, 0.2) is 6.07 Å². The third kappa shape index (κ3) is 2.39. The molecule has 1 aromatic rings. The first-order valence-electron chi connectivity index (χ1n) is 6.28. The van der Waals surface area contributed by atoms with Crippen molar-refractivity contribution in [3.05, 3.63) is 23.0 Å². The minimum Gasteiger partial charge on any atom is -0.480 e. The van der Waals surface area contributed by atoms with Gasteiger partial charge in [-0.05, 0) is 45.6 Å². The topological polar surface area (TPSA) is 86.0 Å². The van der Waals surface area contributed by atoms with Gasteiger partial charge < -0.3 is 10.4 Å². The van der Waals surface area contributed by atoms with E-state index in [0.717, 1.165) is 18.5 Å². The van der Waals surface area contributed by atoms with E-state index in [4.69, 9.17) is 0 Å². The van der Waals surface area contributed by atoms with E-state index in [1.165, 1.54) is 0 Å². The number of carboxylic acid groups (broad SMARTS) is 1. The smallest absolute Gasteiger partial charge is 0.329 e. The zero-order valence-corrected chi connectivity index (χ0v) is 11.3. The Morgan fingerprint density at radius 1 is 1.58 bits per heavy atom. The summed E-state index contributed by atoms with van der Waals surface area (Å²) in [5.74, 6) is -0.767. The number of nitrogens with one attached hydrogen (secondary N) is 1. The van der Waals surface area contributed by atoms with Crippen molar-refractivity contribution in [2.45, 2.75) is 39.2 Å². The van der Waals surface area contributed by atoms with Gasteiger partial charge in [-0.25, -0.2) is 4.79 Å². The highest BCUT2D eigenvalue weighted by Gasteiger charge is 2.47. The van der Waals surface area contributed by atoms with E-state index in [9.17, 15) is 15.2 Å². The van der Waals surface area contributed by atoms with Crippen LogP contribution in [0.4, 0.5) is 5.69 Å². The van der Waals surface area contributed by atoms with Crippen molar-refractivity contribution in [2.24, 2.45) is 5.92 Å². The summed E-state index contributed by atoms with van der Waals surface area (Å²) in [6, 6.07) is 3.83. The summed E-state index contributed by atoms with van der Waals surface area (Å²) in [7, 11) is 0. The number of aromatic nitrogens is 1. The van der Waals surface area contributed by atoms with Crippen LogP contribution in [0.1, 0.15) is 36.7 Å². The third-order valence-electron chi connectivity index (χ3n) is 3.67. The first-order chi connectivity index (χ1) is 8.88. The second kappa shape index (κ2) is 4.54. The maximum absolute atomic E-state index is 11.5. The van der Waals surface area contributed by atoms with Gasteiger partial charge in [-0.2, -0.15) is 5.26 Å². The largest absolute Gasteiger partial charge is 0.480 e. The van der Waals surface area contributed by atoms with Crippen LogP contribution in [0.3, 0.4) is 0 Å². The van der Waals surface area contributed by atoms with Crippen molar-refractivity contribution < 1.29 is 9.90 Å². The van der Waals surface area contributed by atoms with E-state index in [2.05, 4.69) is 16.4 Å². The molecule has 1 aliphatic carbocycles. The zero-order chi connectivity index (χ0) is 14.2. The summed E-state index contributed by atoms with van der Waals surface area (Å²) in [5, 5.41) is 21.7. The van der Waals surface area contributed by atoms with Gasteiger partial charge >= 0.3 is 5.97 Å². The molecule has 1 heterocycles. The molecule has 0 bridgehead atoms. The number of carbonyl (C=O) groups is 1. The number of aryl methyl sites for hydroxylation is 2. The highest BCUT2D eigenvalue weighted by molar-refractivity contribution is 5.84. The van der Waals surface area contributed by atoms with E-state index in [1.54, 1.807) is 19.9 Å². The Hall–Kier alpha value is -2.09. The lowest BCUT2D eigenvalue weighted by Crippen LogP contribution is -2.45. The lowest BCUT2D eigenvalue weighted by molar-refractivity contribution is -0.142. The van der Waals surface area contributed by atoms with Gasteiger partial charge in [0.2, 0.25) is 0 Å². The maximum Gasteiger partial charge on any atom is 0.329 e. The van der Waals surface area contributed by atoms with Crippen LogP contribution in [0.2, 0.25) is 0 Å². The molecular formula is C14H17N3O2. The maximum atomic E-state index is 11.5. The molecule has 5 nitrogen and oxygen atoms in total. The lowest BCUT2D eigenvalue weighted by Gasteiger charge is -2.28. The molecule has 1 unspecified atom stereocenters. The van der Waals surface area contributed by atoms with Gasteiger partial charge in [0, 0.05) is 5.69 Å². The number of anilines is 1. The molecule has 0 aromatic carbocycles. The molecule has 0 radical (unpaired) electrons. The monoisotopic (exact) mass is 259 g/mol. The highest BCUT2D eigenvalue weighted by atomic mass is 16.4. The van der Waals surface area contributed by atoms with Gasteiger partial charge in [-0.3, -0.25) is 4.98 Å². The van der Waals surface area contributed by atoms with Crippen LogP contribution in [-0.2, 0) is 4.79 Å². The molecule has 0 amide bonds. The molecule has 1 fully saturated rings. The SMILES string of the molecule is Cc1cc(NC(C)(C(=O)O)C2CC2)c(C#N)c(C)n1. The summed E-state index contributed by atoms with van der Waals surface area (Å²) in [4.78, 5) is 15.7. The van der Waals surface area contributed by atoms with E-state index >= 15 is 0 Å². The number of aliphatic carboxylic acids is 1. The molecule has 0 saturated heterocycles. The van der Waals surface area contributed by atoms with Gasteiger partial charge in [-0.1, -0.05) is 0 Å². The molecule has 0 aliphatic heterocycles. The molecule has 2 N–H and O–H groups in total. The number of pyridine rings is 1. The normalized spacial score (nSPS) is 17.4. The standard InChI is InChI=1S/C14H17N3O2/c1-8-6-12(11(7-15)9(2)16-8)17-14(3,13(18)19)10-4-5-10/h6,10H,4-5H2,1-3H3,(H,16,17)(H,18,19). The predicted octanol–water partition coefficient (Wildman–Crippen LogP) is 2.24. The average Bonchev–Trinajstić information content (AvgIpc) is 3.11. The number of rotatable bonds is 4. The summed E-state index contributed by atoms with van der Waals surface area (Å²) < 4.78 is 0. The Labute approximate surface area is 112 Å². The Morgan fingerprint density at radius 3 is 2.68 bits per heavy atom. The van der Waals surface area contributed by atoms with Gasteiger partial charge in [-0.15, -0.1) is 0 Å². The van der Waals surface area contributed by atoms with E-state index in [0.29, 0.717) is 16.9 Å². The van der Waals surface area contributed by atoms with Crippen molar-refractivity contribution in [3.63, 3.8) is 0 Å². The van der Waals surface area contributed by atoms with Crippen LogP contribution in [-0.4, -0.2) is 21.6 Å². The van der Waals surface area contributed by atoms with Crippen LogP contribution >= 0.6 is 0 Å². The molecule has 2 rings (SSSR count). The molecule has 1 atom stereocenters. The second-order valence-electron chi connectivity index (χ2n) is 5.29. The van der Waals surface area contributed by atoms with Crippen LogP contribution in [0, 0.1) is 31.1 Å². The number of carboxylic acids is 1. The van der Waals surface area contributed by atoms with Gasteiger partial charge in [0.25, 0.3) is 0 Å². The summed E-state index contributed by atoms with van der Waals surface area (Å²) in [6.07, 6.45) is 1.81. The summed E-state index contributed by atoms with van der Waals surface area (Å²) in [5.41, 5.74) is 1.34. The van der Waals surface area contributed by atoms with Gasteiger partial charge in [0.15, 0.2) is 0 Å². The molecule has 1 aliphatic rings. The minimum absolute atomic E-state index is 0.116. The number of hydrogen-bond donors (Lipinski definition) is 2. The van der Waals surface area contributed by atoms with E-state index in [1.807, 2.05) is 6.92 Å². The van der Waals surface area contributed by atoms with Crippen molar-refractivity contribution in [1.29, 1.82) is 5.26 Å². The van der Waals surface area contributed by atoms with Gasteiger partial charge in [0.1, 0.15) is 11.6 Å². The number of nitrogens with zero attached hydrogens (tertiary/aromatic N) is 2. The fourth-order valence-electron chi connectivity index (χ4n) is 2.34. The first-order valence-corrected chi connectivity index (χ1v) is 6.28. The molecule has 19 heavy (non-hydrogen) atoms. The van der Waals surface area contributed by atoms with Crippen LogP contribution < -0.4 is 5.32 Å². The lowest BCUT2D eigenvalue weighted by atomic mass is 9.94. The molecular weight excluding hydrogens is 242 g/mol. The predicted molar refractivity (Wildman–Crippen MR) is 70.8 cm³/mol. The van der Waals surface area contributed by atoms with Crippen LogP contribution in [0.5, 0.6) is 0 Å². The molecule has 100 valence electrons. The average molecular weight is 259 g/mol. The molecule has 0 spiro atoms. The van der Waals surface area contributed by atoms with Crippen molar-refractivity contribution in [1.82, 2.24) is 4.98 Å². The second-order valence-corrected chi connectivity index (χ2v) is 5.29. The molecule has 1 saturated carbocycles. The zero-order valence-electron chi connectivity index (χ0n) is 11.3. The molecule has 5 heteroatoms. The molecule has 1 aromatic heterocycles. The van der Waals surface area contributed by atoms with Crippen LogP contribution in [0.25, 0.3) is 0 Å². The summed E-state index contributed by atoms with van der Waals surface area (Å²) in [6.45, 7) is 5.26. The Balaban J connectivity index is 2.43. The first kappa shape index (κ1) is 13.3. The minimum atomic E-state index is -1.02. The van der Waals surface area contributed by atoms with Crippen molar-refractivity contribution in [3.8, 4) is 6.07 Å². The number of nitriles is 1. The van der Waals surface area contributed by atoms with E-state index < -0.39 is 11.5 Å². The fourth-order valence-corrected chi connectivity index (χ4v) is 2.34. The van der Waals surface area contributed by atoms with Gasteiger partial charge in [0.05, 0.1) is 16.9 Å². The Bertz CT molecular complexity index is 573. The number of hydrogen-bond acceptors (Lipinski definition) is 4. The Morgan fingerprint density at radius 2 is 2.21 bits per heavy atom. The fraction of sp³-hybridized carbons (Fsp3) is 0.500. The highest BCUT2D eigenvalue weighted by Crippen LogP contribution is 2.42. The van der Waals surface area contributed by atoms with E-state index in [-0.39, 0.29) is 5.92 Å². The quantitative estimate of drug-likeness (QED) is 0.866. The summed E-state index contributed by atoms with van der Waals surface area (Å²) >= 11 is 0.